The highest BCUT2D eigenvalue weighted by Crippen LogP contribution is 2.48. The Morgan fingerprint density at radius 1 is 0.667 bits per heavy atom. The van der Waals surface area contributed by atoms with Crippen LogP contribution >= 0.6 is 0 Å². The third-order valence-electron chi connectivity index (χ3n) is 6.13. The number of rotatable bonds is 1. The molecular formula is C16H20O5. The molecule has 0 aromatic heterocycles. The first kappa shape index (κ1) is 13.3. The highest BCUT2D eigenvalue weighted by Gasteiger charge is 2.50. The molecule has 0 aromatic carbocycles. The molecule has 2 heterocycles. The average Bonchev–Trinajstić information content (AvgIpc) is 3.00. The fraction of sp³-hybridized carbons (Fsp3) is 0.812. The number of cyclic esters (lactones) is 3. The molecule has 0 radical (unpaired) electrons. The maximum atomic E-state index is 11.8. The molecule has 0 spiro atoms. The van der Waals surface area contributed by atoms with E-state index in [1.165, 1.54) is 0 Å². The second-order valence-corrected chi connectivity index (χ2v) is 7.10. The lowest BCUT2D eigenvalue weighted by molar-refractivity contribution is -0.153. The van der Waals surface area contributed by atoms with E-state index in [0.717, 1.165) is 38.5 Å². The minimum Gasteiger partial charge on any atom is -0.465 e. The molecule has 114 valence electrons. The summed E-state index contributed by atoms with van der Waals surface area (Å²) in [5.41, 5.74) is 0. The molecule has 2 saturated carbocycles. The number of hydrogen-bond acceptors (Lipinski definition) is 5. The van der Waals surface area contributed by atoms with Crippen LogP contribution in [0.25, 0.3) is 0 Å². The summed E-state index contributed by atoms with van der Waals surface area (Å²) in [4.78, 5) is 35.0. The van der Waals surface area contributed by atoms with Crippen molar-refractivity contribution in [1.29, 1.82) is 0 Å². The Balaban J connectivity index is 1.43. The zero-order valence-electron chi connectivity index (χ0n) is 12.0. The number of carbonyl (C=O) groups is 3. The summed E-state index contributed by atoms with van der Waals surface area (Å²) in [5, 5.41) is 0. The van der Waals surface area contributed by atoms with E-state index in [4.69, 9.17) is 9.47 Å². The summed E-state index contributed by atoms with van der Waals surface area (Å²) in [5.74, 6) is 0.460. The van der Waals surface area contributed by atoms with Crippen molar-refractivity contribution in [3.63, 3.8) is 0 Å². The van der Waals surface area contributed by atoms with Crippen molar-refractivity contribution in [3.05, 3.63) is 0 Å². The highest BCUT2D eigenvalue weighted by atomic mass is 16.6. The zero-order chi connectivity index (χ0) is 14.6. The average molecular weight is 292 g/mol. The third-order valence-corrected chi connectivity index (χ3v) is 6.13. The van der Waals surface area contributed by atoms with Gasteiger partial charge in [0.15, 0.2) is 0 Å². The Kier molecular flexibility index (Phi) is 3.05. The lowest BCUT2D eigenvalue weighted by Gasteiger charge is -2.38. The van der Waals surface area contributed by atoms with Crippen LogP contribution in [-0.4, -0.2) is 24.5 Å². The molecule has 21 heavy (non-hydrogen) atoms. The normalized spacial score (nSPS) is 45.8. The summed E-state index contributed by atoms with van der Waals surface area (Å²) in [6, 6.07) is 0. The summed E-state index contributed by atoms with van der Waals surface area (Å²) < 4.78 is 9.96. The van der Waals surface area contributed by atoms with Crippen LogP contribution in [0.1, 0.15) is 38.5 Å². The van der Waals surface area contributed by atoms with E-state index >= 15 is 0 Å². The second-order valence-electron chi connectivity index (χ2n) is 7.10. The van der Waals surface area contributed by atoms with Gasteiger partial charge in [0.05, 0.1) is 24.4 Å². The van der Waals surface area contributed by atoms with Crippen LogP contribution in [0.15, 0.2) is 0 Å². The zero-order valence-corrected chi connectivity index (χ0v) is 12.0. The first-order valence-corrected chi connectivity index (χ1v) is 8.05. The predicted octanol–water partition coefficient (Wildman–Crippen LogP) is 1.69. The first-order chi connectivity index (χ1) is 10.1. The van der Waals surface area contributed by atoms with Crippen LogP contribution in [0.2, 0.25) is 0 Å². The molecule has 2 aliphatic carbocycles. The maximum Gasteiger partial charge on any atom is 0.317 e. The minimum absolute atomic E-state index is 0.0212. The molecule has 2 aliphatic heterocycles. The van der Waals surface area contributed by atoms with Gasteiger partial charge in [-0.1, -0.05) is 0 Å². The predicted molar refractivity (Wildman–Crippen MR) is 70.7 cm³/mol. The fourth-order valence-electron chi connectivity index (χ4n) is 4.94. The Morgan fingerprint density at radius 3 is 2.14 bits per heavy atom. The monoisotopic (exact) mass is 292 g/mol. The van der Waals surface area contributed by atoms with Gasteiger partial charge < -0.3 is 9.47 Å². The lowest BCUT2D eigenvalue weighted by atomic mass is 9.64. The van der Waals surface area contributed by atoms with Gasteiger partial charge in [0, 0.05) is 5.92 Å². The Hall–Kier alpha value is -1.39. The van der Waals surface area contributed by atoms with Crippen molar-refractivity contribution >= 4 is 17.9 Å². The summed E-state index contributed by atoms with van der Waals surface area (Å²) in [6.07, 6.45) is 5.55. The van der Waals surface area contributed by atoms with Crippen LogP contribution in [0.4, 0.5) is 0 Å². The van der Waals surface area contributed by atoms with E-state index in [-0.39, 0.29) is 35.7 Å². The van der Waals surface area contributed by atoms with Crippen molar-refractivity contribution < 1.29 is 23.9 Å². The van der Waals surface area contributed by atoms with Crippen LogP contribution in [0.3, 0.4) is 0 Å². The number of carbonyl (C=O) groups excluding carboxylic acids is 3. The Bertz CT molecular complexity index is 499. The number of esters is 3. The molecule has 6 atom stereocenters. The molecule has 5 nitrogen and oxygen atoms in total. The minimum atomic E-state index is -0.318. The van der Waals surface area contributed by atoms with Gasteiger partial charge in [0.2, 0.25) is 0 Å². The molecule has 0 N–H and O–H groups in total. The quantitative estimate of drug-likeness (QED) is 0.543. The van der Waals surface area contributed by atoms with Crippen molar-refractivity contribution in [3.8, 4) is 0 Å². The van der Waals surface area contributed by atoms with Gasteiger partial charge in [-0.15, -0.1) is 0 Å². The standard InChI is InChI=1S/C16H20O5/c17-14-11-3-1-8(5-10(11)7-20-14)9-2-4-12-13(6-9)16(19)21-15(12)18/h8-13H,1-7H2. The fourth-order valence-corrected chi connectivity index (χ4v) is 4.94. The van der Waals surface area contributed by atoms with E-state index in [1.807, 2.05) is 0 Å². The van der Waals surface area contributed by atoms with Crippen LogP contribution < -0.4 is 0 Å². The van der Waals surface area contributed by atoms with Crippen LogP contribution in [-0.2, 0) is 23.9 Å². The molecule has 4 fully saturated rings. The maximum absolute atomic E-state index is 11.8. The van der Waals surface area contributed by atoms with Gasteiger partial charge in [-0.3, -0.25) is 14.4 Å². The molecule has 5 heteroatoms. The van der Waals surface area contributed by atoms with Gasteiger partial charge in [-0.05, 0) is 50.4 Å². The van der Waals surface area contributed by atoms with E-state index in [9.17, 15) is 14.4 Å². The smallest absolute Gasteiger partial charge is 0.317 e. The summed E-state index contributed by atoms with van der Waals surface area (Å²) in [6.45, 7) is 0.569. The van der Waals surface area contributed by atoms with E-state index in [2.05, 4.69) is 0 Å². The number of hydrogen-bond donors (Lipinski definition) is 0. The van der Waals surface area contributed by atoms with E-state index in [0.29, 0.717) is 24.4 Å². The van der Waals surface area contributed by atoms with Crippen molar-refractivity contribution in [1.82, 2.24) is 0 Å². The molecule has 4 aliphatic rings. The largest absolute Gasteiger partial charge is 0.465 e. The molecule has 0 amide bonds. The molecule has 0 aromatic rings. The van der Waals surface area contributed by atoms with Crippen molar-refractivity contribution in [2.75, 3.05) is 6.61 Å². The molecule has 6 unspecified atom stereocenters. The van der Waals surface area contributed by atoms with Gasteiger partial charge in [0.25, 0.3) is 0 Å². The highest BCUT2D eigenvalue weighted by molar-refractivity contribution is 5.96. The molecule has 4 rings (SSSR count). The number of ether oxygens (including phenoxy) is 2. The van der Waals surface area contributed by atoms with Crippen molar-refractivity contribution in [2.45, 2.75) is 38.5 Å². The van der Waals surface area contributed by atoms with Gasteiger partial charge in [-0.2, -0.15) is 0 Å². The molecule has 2 saturated heterocycles. The first-order valence-electron chi connectivity index (χ1n) is 8.05. The third kappa shape index (κ3) is 2.09. The van der Waals surface area contributed by atoms with Gasteiger partial charge >= 0.3 is 17.9 Å². The van der Waals surface area contributed by atoms with Gasteiger partial charge in [0.1, 0.15) is 0 Å². The Labute approximate surface area is 123 Å². The van der Waals surface area contributed by atoms with Crippen molar-refractivity contribution in [2.24, 2.45) is 35.5 Å². The summed E-state index contributed by atoms with van der Waals surface area (Å²) >= 11 is 0. The van der Waals surface area contributed by atoms with Crippen LogP contribution in [0, 0.1) is 35.5 Å². The van der Waals surface area contributed by atoms with Crippen LogP contribution in [0.5, 0.6) is 0 Å². The summed E-state index contributed by atoms with van der Waals surface area (Å²) in [7, 11) is 0. The van der Waals surface area contributed by atoms with E-state index < -0.39 is 0 Å². The number of fused-ring (bicyclic) bond motifs is 2. The Morgan fingerprint density at radius 2 is 1.33 bits per heavy atom. The topological polar surface area (TPSA) is 69.7 Å². The molecule has 0 bridgehead atoms. The molecular weight excluding hydrogens is 272 g/mol. The van der Waals surface area contributed by atoms with Gasteiger partial charge in [-0.25, -0.2) is 0 Å². The van der Waals surface area contributed by atoms with E-state index in [1.54, 1.807) is 0 Å². The second kappa shape index (κ2) is 4.82. The lowest BCUT2D eigenvalue weighted by Crippen LogP contribution is -2.35. The SMILES string of the molecule is O=C1OCC2CC(C3CCC4C(=O)OC(=O)C4C3)CCC12.